The van der Waals surface area contributed by atoms with Crippen LogP contribution in [-0.4, -0.2) is 68.5 Å². The summed E-state index contributed by atoms with van der Waals surface area (Å²) in [6.45, 7) is 4.66. The summed E-state index contributed by atoms with van der Waals surface area (Å²) >= 11 is 0. The van der Waals surface area contributed by atoms with Gasteiger partial charge in [0, 0.05) is 6.42 Å². The molecule has 0 saturated heterocycles. The summed E-state index contributed by atoms with van der Waals surface area (Å²) in [5.41, 5.74) is 0. The fraction of sp³-hybridized carbons (Fsp3) is 0.914. The lowest BCUT2D eigenvalue weighted by Gasteiger charge is -2.30. The summed E-state index contributed by atoms with van der Waals surface area (Å²) in [6.07, 6.45) is 62.9. The van der Waals surface area contributed by atoms with E-state index in [0.29, 0.717) is 23.9 Å². The first-order chi connectivity index (χ1) is 32.5. The highest BCUT2D eigenvalue weighted by atomic mass is 31.2. The van der Waals surface area contributed by atoms with Crippen molar-refractivity contribution >= 4 is 13.7 Å². The molecule has 0 bridgehead atoms. The highest BCUT2D eigenvalue weighted by Crippen LogP contribution is 2.38. The van der Waals surface area contributed by atoms with Gasteiger partial charge in [0.1, 0.15) is 13.2 Å². The number of aliphatic hydroxyl groups is 1. The monoisotopic (exact) mass is 967 g/mol. The zero-order valence-corrected chi connectivity index (χ0v) is 46.3. The molecule has 8 nitrogen and oxygen atoms in total. The van der Waals surface area contributed by atoms with Gasteiger partial charge in [-0.15, -0.1) is 0 Å². The van der Waals surface area contributed by atoms with Crippen LogP contribution in [0.4, 0.5) is 0 Å². The lowest BCUT2D eigenvalue weighted by Crippen LogP contribution is -2.46. The Morgan fingerprint density at radius 1 is 0.522 bits per heavy atom. The Hall–Kier alpha value is -1.02. The molecule has 0 radical (unpaired) electrons. The second-order valence-electron chi connectivity index (χ2n) is 21.4. The van der Waals surface area contributed by atoms with Crippen LogP contribution in [0, 0.1) is 0 Å². The molecule has 0 aromatic heterocycles. The number of hydrogen-bond acceptors (Lipinski definition) is 6. The normalized spacial score (nSPS) is 14.1. The van der Waals surface area contributed by atoms with Crippen LogP contribution in [0.1, 0.15) is 290 Å². The number of amides is 1. The predicted molar refractivity (Wildman–Crippen MR) is 289 cm³/mol. The maximum Gasteiger partial charge on any atom is 0.268 e. The van der Waals surface area contributed by atoms with Crippen molar-refractivity contribution in [3.05, 3.63) is 24.3 Å². The van der Waals surface area contributed by atoms with E-state index in [4.69, 9.17) is 9.05 Å². The Morgan fingerprint density at radius 3 is 1.24 bits per heavy atom. The summed E-state index contributed by atoms with van der Waals surface area (Å²) in [5.74, 6) is -0.165. The number of carbonyl (C=O) groups excluding carboxylic acids is 1. The highest BCUT2D eigenvalue weighted by molar-refractivity contribution is 7.45. The first-order valence-corrected chi connectivity index (χ1v) is 30.6. The minimum absolute atomic E-state index is 0.0140. The van der Waals surface area contributed by atoms with Crippen LogP contribution in [0.2, 0.25) is 0 Å². The molecule has 0 aliphatic rings. The molecule has 0 fully saturated rings. The van der Waals surface area contributed by atoms with Crippen LogP contribution in [0.3, 0.4) is 0 Å². The summed E-state index contributed by atoms with van der Waals surface area (Å²) in [5, 5.41) is 13.8. The first kappa shape index (κ1) is 66.0. The van der Waals surface area contributed by atoms with Gasteiger partial charge in [-0.25, -0.2) is 0 Å². The van der Waals surface area contributed by atoms with Crippen molar-refractivity contribution in [3.63, 3.8) is 0 Å². The molecule has 1 amide bonds. The molecule has 0 heterocycles. The zero-order valence-electron chi connectivity index (χ0n) is 45.4. The van der Waals surface area contributed by atoms with Crippen molar-refractivity contribution in [2.45, 2.75) is 302 Å². The van der Waals surface area contributed by atoms with E-state index < -0.39 is 20.0 Å². The fourth-order valence-corrected chi connectivity index (χ4v) is 9.56. The van der Waals surface area contributed by atoms with Crippen LogP contribution in [-0.2, 0) is 18.4 Å². The van der Waals surface area contributed by atoms with E-state index in [2.05, 4.69) is 43.5 Å². The van der Waals surface area contributed by atoms with E-state index in [0.717, 1.165) is 44.9 Å². The molecule has 0 aliphatic heterocycles. The standard InChI is InChI=1S/C58H115N2O6P/c1-6-8-10-12-14-15-16-17-18-19-20-21-22-23-24-25-26-27-28-29-30-31-32-33-34-35-36-37-38-39-40-41-42-43-44-45-46-48-50-52-58(62)59-56(57(61)51-49-47-13-11-9-7-2)55-66-67(63,64)65-54-53-60(3,4)5/h16-17,19-20,56-57,61H,6-15,18,21-55H2,1-5H3,(H-,59,62,63,64)/b17-16-,20-19-. The molecule has 3 unspecified atom stereocenters. The van der Waals surface area contributed by atoms with Crippen molar-refractivity contribution in [1.29, 1.82) is 0 Å². The fourth-order valence-electron chi connectivity index (χ4n) is 8.84. The van der Waals surface area contributed by atoms with Gasteiger partial charge in [-0.05, 0) is 44.9 Å². The van der Waals surface area contributed by atoms with E-state index in [1.807, 2.05) is 21.1 Å². The van der Waals surface area contributed by atoms with Crippen LogP contribution < -0.4 is 10.2 Å². The van der Waals surface area contributed by atoms with Gasteiger partial charge < -0.3 is 28.8 Å². The number of allylic oxidation sites excluding steroid dienone is 4. The van der Waals surface area contributed by atoms with Crippen molar-refractivity contribution in [2.24, 2.45) is 0 Å². The molecule has 0 aliphatic carbocycles. The van der Waals surface area contributed by atoms with Gasteiger partial charge in [0.15, 0.2) is 0 Å². The van der Waals surface area contributed by atoms with Gasteiger partial charge in [-0.2, -0.15) is 0 Å². The second-order valence-corrected chi connectivity index (χ2v) is 22.8. The van der Waals surface area contributed by atoms with Gasteiger partial charge in [0.05, 0.1) is 39.9 Å². The van der Waals surface area contributed by atoms with Gasteiger partial charge in [-0.3, -0.25) is 9.36 Å². The summed E-state index contributed by atoms with van der Waals surface area (Å²) in [7, 11) is 1.31. The molecule has 0 aromatic rings. The Morgan fingerprint density at radius 2 is 0.866 bits per heavy atom. The van der Waals surface area contributed by atoms with Crippen LogP contribution in [0.25, 0.3) is 0 Å². The molecular weight excluding hydrogens is 852 g/mol. The summed E-state index contributed by atoms with van der Waals surface area (Å²) in [4.78, 5) is 25.3. The van der Waals surface area contributed by atoms with Gasteiger partial charge in [-0.1, -0.05) is 263 Å². The molecule has 9 heteroatoms. The quantitative estimate of drug-likeness (QED) is 0.0272. The summed E-state index contributed by atoms with van der Waals surface area (Å²) < 4.78 is 23.2. The van der Waals surface area contributed by atoms with Crippen LogP contribution in [0.5, 0.6) is 0 Å². The number of nitrogens with zero attached hydrogens (tertiary/aromatic N) is 1. The van der Waals surface area contributed by atoms with Crippen molar-refractivity contribution in [3.8, 4) is 0 Å². The second kappa shape index (κ2) is 49.9. The SMILES string of the molecule is CCCCCCC/C=C\C/C=C\CCCCCCCCCCCCCCCCCCCCCCCCCCCCCC(=O)NC(COP(=O)([O-])OCC[N+](C)(C)C)C(O)CCCCCCCC. The number of rotatable bonds is 54. The third-order valence-corrected chi connectivity index (χ3v) is 14.4. The molecule has 0 rings (SSSR count). The Labute approximate surface area is 417 Å². The average Bonchev–Trinajstić information content (AvgIpc) is 3.29. The Kier molecular flexibility index (Phi) is 49.2. The number of likely N-dealkylation sites (N-methyl/N-ethyl adjacent to an activating group) is 1. The molecule has 2 N–H and O–H groups in total. The number of unbranched alkanes of at least 4 members (excludes halogenated alkanes) is 37. The molecule has 0 aromatic carbocycles. The van der Waals surface area contributed by atoms with Crippen LogP contribution in [0.15, 0.2) is 24.3 Å². The van der Waals surface area contributed by atoms with Gasteiger partial charge in [0.25, 0.3) is 7.82 Å². The minimum atomic E-state index is -4.55. The van der Waals surface area contributed by atoms with E-state index in [-0.39, 0.29) is 19.1 Å². The van der Waals surface area contributed by atoms with E-state index in [9.17, 15) is 19.4 Å². The lowest BCUT2D eigenvalue weighted by atomic mass is 10.0. The number of nitrogens with one attached hydrogen (secondary N) is 1. The van der Waals surface area contributed by atoms with E-state index in [1.54, 1.807) is 0 Å². The maximum absolute atomic E-state index is 12.8. The van der Waals surface area contributed by atoms with Gasteiger partial charge in [0.2, 0.25) is 5.91 Å². The molecule has 3 atom stereocenters. The average molecular weight is 968 g/mol. The van der Waals surface area contributed by atoms with E-state index in [1.165, 1.54) is 218 Å². The number of carbonyl (C=O) groups is 1. The first-order valence-electron chi connectivity index (χ1n) is 29.2. The number of quaternary nitrogens is 1. The third kappa shape index (κ3) is 52.6. The third-order valence-electron chi connectivity index (χ3n) is 13.4. The van der Waals surface area contributed by atoms with Crippen molar-refractivity contribution in [2.75, 3.05) is 40.9 Å². The van der Waals surface area contributed by atoms with Crippen molar-refractivity contribution < 1.29 is 32.9 Å². The molecule has 67 heavy (non-hydrogen) atoms. The Bertz CT molecular complexity index is 1140. The molecule has 0 saturated carbocycles. The zero-order chi connectivity index (χ0) is 49.2. The topological polar surface area (TPSA) is 108 Å². The molecular formula is C58H115N2O6P. The number of phosphoric acid groups is 1. The highest BCUT2D eigenvalue weighted by Gasteiger charge is 2.24. The number of aliphatic hydroxyl groups excluding tert-OH is 1. The largest absolute Gasteiger partial charge is 0.756 e. The smallest absolute Gasteiger partial charge is 0.268 e. The van der Waals surface area contributed by atoms with Gasteiger partial charge >= 0.3 is 0 Å². The maximum atomic E-state index is 12.8. The van der Waals surface area contributed by atoms with Crippen molar-refractivity contribution in [1.82, 2.24) is 5.32 Å². The van der Waals surface area contributed by atoms with E-state index >= 15 is 0 Å². The lowest BCUT2D eigenvalue weighted by molar-refractivity contribution is -0.870. The minimum Gasteiger partial charge on any atom is -0.756 e. The molecule has 0 spiro atoms. The molecule has 398 valence electrons. The number of phosphoric ester groups is 1. The predicted octanol–water partition coefficient (Wildman–Crippen LogP) is 17.0. The van der Waals surface area contributed by atoms with Crippen LogP contribution >= 0.6 is 7.82 Å². The number of hydrogen-bond donors (Lipinski definition) is 2. The Balaban J connectivity index is 3.68. The summed E-state index contributed by atoms with van der Waals surface area (Å²) in [6, 6.07) is -0.793.